The summed E-state index contributed by atoms with van der Waals surface area (Å²) < 4.78 is 27.7. The minimum atomic E-state index is -3.55. The van der Waals surface area contributed by atoms with Gasteiger partial charge in [-0.25, -0.2) is 13.1 Å². The molecule has 4 N–H and O–H groups in total. The number of thiophene rings is 1. The molecular formula is C12H12BrN3O3S2. The Morgan fingerprint density at radius 1 is 1.38 bits per heavy atom. The molecular weight excluding hydrogens is 378 g/mol. The molecule has 0 aliphatic rings. The predicted molar refractivity (Wildman–Crippen MR) is 85.0 cm³/mol. The summed E-state index contributed by atoms with van der Waals surface area (Å²) in [5.74, 6) is -0.0260. The lowest BCUT2D eigenvalue weighted by Gasteiger charge is -2.06. The second kappa shape index (κ2) is 6.56. The third-order valence-corrected chi connectivity index (χ3v) is 6.13. The third kappa shape index (κ3) is 4.03. The molecule has 21 heavy (non-hydrogen) atoms. The zero-order valence-electron chi connectivity index (χ0n) is 10.7. The molecule has 6 nitrogen and oxygen atoms in total. The van der Waals surface area contributed by atoms with Gasteiger partial charge in [0.05, 0.1) is 3.79 Å². The van der Waals surface area contributed by atoms with Crippen molar-refractivity contribution in [3.63, 3.8) is 0 Å². The lowest BCUT2D eigenvalue weighted by Crippen LogP contribution is -2.22. The number of hydrogen-bond donors (Lipinski definition) is 3. The molecule has 0 aliphatic heterocycles. The first-order chi connectivity index (χ1) is 9.92. The molecule has 2 aromatic rings. The Labute approximate surface area is 134 Å². The minimum absolute atomic E-state index is 0.0260. The van der Waals surface area contributed by atoms with Crippen LogP contribution in [0.2, 0.25) is 0 Å². The molecule has 0 saturated carbocycles. The van der Waals surface area contributed by atoms with E-state index in [2.05, 4.69) is 25.8 Å². The lowest BCUT2D eigenvalue weighted by atomic mass is 10.1. The number of sulfonamides is 1. The number of nitrogens with one attached hydrogen (secondary N) is 1. The fourth-order valence-corrected chi connectivity index (χ4v) is 4.66. The van der Waals surface area contributed by atoms with Gasteiger partial charge in [-0.05, 0) is 39.7 Å². The predicted octanol–water partition coefficient (Wildman–Crippen LogP) is 2.08. The average molecular weight is 390 g/mol. The van der Waals surface area contributed by atoms with E-state index >= 15 is 0 Å². The highest BCUT2D eigenvalue weighted by atomic mass is 79.9. The second-order valence-electron chi connectivity index (χ2n) is 4.07. The summed E-state index contributed by atoms with van der Waals surface area (Å²) in [4.78, 5) is 0. The van der Waals surface area contributed by atoms with E-state index in [1.165, 1.54) is 6.07 Å². The van der Waals surface area contributed by atoms with Crippen molar-refractivity contribution >= 4 is 43.1 Å². The van der Waals surface area contributed by atoms with Crippen molar-refractivity contribution in [3.8, 4) is 0 Å². The van der Waals surface area contributed by atoms with E-state index in [-0.39, 0.29) is 16.6 Å². The molecule has 0 aliphatic carbocycles. The van der Waals surface area contributed by atoms with Crippen LogP contribution in [0.25, 0.3) is 0 Å². The summed E-state index contributed by atoms with van der Waals surface area (Å²) in [6, 6.07) is 9.99. The van der Waals surface area contributed by atoms with E-state index in [0.29, 0.717) is 11.1 Å². The molecule has 0 radical (unpaired) electrons. The van der Waals surface area contributed by atoms with Crippen LogP contribution in [-0.2, 0) is 16.6 Å². The summed E-state index contributed by atoms with van der Waals surface area (Å²) >= 11 is 4.37. The lowest BCUT2D eigenvalue weighted by molar-refractivity contribution is 0.318. The number of hydrogen-bond acceptors (Lipinski definition) is 5. The summed E-state index contributed by atoms with van der Waals surface area (Å²) in [6.45, 7) is 0.115. The summed E-state index contributed by atoms with van der Waals surface area (Å²) in [6.07, 6.45) is 0. The Bertz CT molecular complexity index is 772. The van der Waals surface area contributed by atoms with Gasteiger partial charge in [0.2, 0.25) is 10.0 Å². The number of amidine groups is 1. The Morgan fingerprint density at radius 3 is 2.76 bits per heavy atom. The van der Waals surface area contributed by atoms with Crippen LogP contribution in [0.3, 0.4) is 0 Å². The number of nitrogens with zero attached hydrogens (tertiary/aromatic N) is 1. The molecule has 1 aromatic heterocycles. The molecule has 0 saturated heterocycles. The fourth-order valence-electron chi connectivity index (χ4n) is 1.59. The van der Waals surface area contributed by atoms with Gasteiger partial charge in [0.1, 0.15) is 4.21 Å². The van der Waals surface area contributed by atoms with Gasteiger partial charge in [0.25, 0.3) is 0 Å². The quantitative estimate of drug-likeness (QED) is 0.315. The Balaban J connectivity index is 2.13. The third-order valence-electron chi connectivity index (χ3n) is 2.61. The maximum Gasteiger partial charge on any atom is 0.250 e. The Hall–Kier alpha value is -1.42. The first kappa shape index (κ1) is 16.0. The standard InChI is InChI=1S/C12H12BrN3O3S2/c13-10-4-5-11(20-10)21(18,19)15-7-8-2-1-3-9(6-8)12(14)16-17/h1-6,15,17H,7H2,(H2,14,16). The van der Waals surface area contributed by atoms with Crippen LogP contribution in [0, 0.1) is 0 Å². The van der Waals surface area contributed by atoms with E-state index < -0.39 is 10.0 Å². The number of benzene rings is 1. The monoisotopic (exact) mass is 389 g/mol. The number of nitrogens with two attached hydrogens (primary N) is 1. The van der Waals surface area contributed by atoms with E-state index in [9.17, 15) is 8.42 Å². The zero-order chi connectivity index (χ0) is 15.5. The van der Waals surface area contributed by atoms with Crippen molar-refractivity contribution in [2.45, 2.75) is 10.8 Å². The van der Waals surface area contributed by atoms with Crippen LogP contribution in [0.15, 0.2) is 49.5 Å². The molecule has 9 heteroatoms. The molecule has 0 amide bonds. The molecule has 0 bridgehead atoms. The normalized spacial score (nSPS) is 12.5. The first-order valence-corrected chi connectivity index (χ1v) is 8.83. The van der Waals surface area contributed by atoms with Crippen LogP contribution in [0.1, 0.15) is 11.1 Å². The van der Waals surface area contributed by atoms with Gasteiger partial charge in [-0.3, -0.25) is 0 Å². The maximum absolute atomic E-state index is 12.1. The highest BCUT2D eigenvalue weighted by molar-refractivity contribution is 9.11. The molecule has 0 atom stereocenters. The molecule has 0 unspecified atom stereocenters. The van der Waals surface area contributed by atoms with Crippen molar-refractivity contribution in [1.29, 1.82) is 0 Å². The molecule has 2 rings (SSSR count). The average Bonchev–Trinajstić information content (AvgIpc) is 2.92. The van der Waals surface area contributed by atoms with Crippen LogP contribution in [0.4, 0.5) is 0 Å². The van der Waals surface area contributed by atoms with Crippen molar-refractivity contribution in [1.82, 2.24) is 4.72 Å². The van der Waals surface area contributed by atoms with Crippen molar-refractivity contribution < 1.29 is 13.6 Å². The van der Waals surface area contributed by atoms with Crippen molar-refractivity contribution in [2.75, 3.05) is 0 Å². The summed E-state index contributed by atoms with van der Waals surface area (Å²) in [5, 5.41) is 11.5. The molecule has 1 heterocycles. The van der Waals surface area contributed by atoms with Gasteiger partial charge in [-0.15, -0.1) is 11.3 Å². The van der Waals surface area contributed by atoms with Gasteiger partial charge in [-0.2, -0.15) is 0 Å². The number of halogens is 1. The molecule has 0 fully saturated rings. The van der Waals surface area contributed by atoms with Crippen molar-refractivity contribution in [3.05, 3.63) is 51.3 Å². The Morgan fingerprint density at radius 2 is 2.14 bits per heavy atom. The highest BCUT2D eigenvalue weighted by Gasteiger charge is 2.16. The van der Waals surface area contributed by atoms with Gasteiger partial charge < -0.3 is 10.9 Å². The van der Waals surface area contributed by atoms with Gasteiger partial charge in [0, 0.05) is 12.1 Å². The van der Waals surface area contributed by atoms with Crippen molar-refractivity contribution in [2.24, 2.45) is 10.9 Å². The topological polar surface area (TPSA) is 105 Å². The van der Waals surface area contributed by atoms with Gasteiger partial charge in [-0.1, -0.05) is 23.4 Å². The largest absolute Gasteiger partial charge is 0.409 e. The molecule has 112 valence electrons. The van der Waals surface area contributed by atoms with Crippen LogP contribution >= 0.6 is 27.3 Å². The molecule has 1 aromatic carbocycles. The summed E-state index contributed by atoms with van der Waals surface area (Å²) in [5.41, 5.74) is 6.72. The fraction of sp³-hybridized carbons (Fsp3) is 0.0833. The van der Waals surface area contributed by atoms with E-state index in [0.717, 1.165) is 15.1 Å². The zero-order valence-corrected chi connectivity index (χ0v) is 13.9. The van der Waals surface area contributed by atoms with E-state index in [1.807, 2.05) is 0 Å². The first-order valence-electron chi connectivity index (χ1n) is 5.74. The van der Waals surface area contributed by atoms with E-state index in [1.54, 1.807) is 30.3 Å². The smallest absolute Gasteiger partial charge is 0.250 e. The summed E-state index contributed by atoms with van der Waals surface area (Å²) in [7, 11) is -3.55. The maximum atomic E-state index is 12.1. The molecule has 0 spiro atoms. The minimum Gasteiger partial charge on any atom is -0.409 e. The van der Waals surface area contributed by atoms with Crippen LogP contribution < -0.4 is 10.5 Å². The van der Waals surface area contributed by atoms with Gasteiger partial charge in [0.15, 0.2) is 5.84 Å². The van der Waals surface area contributed by atoms with Crippen LogP contribution in [0.5, 0.6) is 0 Å². The Kier molecular flexibility index (Phi) is 4.99. The van der Waals surface area contributed by atoms with E-state index in [4.69, 9.17) is 10.9 Å². The SMILES string of the molecule is NC(=NO)c1cccc(CNS(=O)(=O)c2ccc(Br)s2)c1. The van der Waals surface area contributed by atoms with Gasteiger partial charge >= 0.3 is 0 Å². The second-order valence-corrected chi connectivity index (χ2v) is 8.53. The number of oxime groups is 1. The highest BCUT2D eigenvalue weighted by Crippen LogP contribution is 2.25. The number of rotatable bonds is 5. The van der Waals surface area contributed by atoms with Crippen LogP contribution in [-0.4, -0.2) is 19.5 Å².